The van der Waals surface area contributed by atoms with E-state index in [2.05, 4.69) is 15.2 Å². The van der Waals surface area contributed by atoms with E-state index >= 15 is 0 Å². The van der Waals surface area contributed by atoms with E-state index in [1.54, 1.807) is 6.20 Å². The summed E-state index contributed by atoms with van der Waals surface area (Å²) in [6.45, 7) is 1.48. The van der Waals surface area contributed by atoms with Crippen molar-refractivity contribution in [3.05, 3.63) is 11.6 Å². The van der Waals surface area contributed by atoms with Crippen LogP contribution < -0.4 is 5.32 Å². The van der Waals surface area contributed by atoms with E-state index in [4.69, 9.17) is 0 Å². The highest BCUT2D eigenvalue weighted by molar-refractivity contribution is 7.13. The van der Waals surface area contributed by atoms with Gasteiger partial charge in [-0.05, 0) is 70.4 Å². The first-order chi connectivity index (χ1) is 12.9. The molecular weight excluding hydrogens is 360 g/mol. The van der Waals surface area contributed by atoms with Gasteiger partial charge >= 0.3 is 0 Å². The number of aromatic nitrogens is 1. The highest BCUT2D eigenvalue weighted by atomic mass is 32.1. The molecule has 1 aromatic heterocycles. The summed E-state index contributed by atoms with van der Waals surface area (Å²) >= 11 is 1.40. The molecule has 4 aliphatic carbocycles. The largest absolute Gasteiger partial charge is 0.332 e. The summed E-state index contributed by atoms with van der Waals surface area (Å²) in [6.07, 6.45) is 8.71. The van der Waals surface area contributed by atoms with E-state index in [0.717, 1.165) is 43.6 Å². The Morgan fingerprint density at radius 3 is 2.30 bits per heavy atom. The predicted octanol–water partition coefficient (Wildman–Crippen LogP) is 2.69. The minimum Gasteiger partial charge on any atom is -0.332 e. The lowest BCUT2D eigenvalue weighted by Gasteiger charge is -2.56. The van der Waals surface area contributed by atoms with Gasteiger partial charge in [0.1, 0.15) is 0 Å². The maximum absolute atomic E-state index is 13.7. The first kappa shape index (κ1) is 18.9. The van der Waals surface area contributed by atoms with Gasteiger partial charge < -0.3 is 15.1 Å². The summed E-state index contributed by atoms with van der Waals surface area (Å²) in [7, 11) is 4.01. The lowest BCUT2D eigenvalue weighted by Crippen LogP contribution is -2.56. The topological polar surface area (TPSA) is 65.5 Å². The van der Waals surface area contributed by atoms with Crippen molar-refractivity contribution in [2.75, 3.05) is 39.0 Å². The zero-order valence-electron chi connectivity index (χ0n) is 16.3. The molecule has 0 aliphatic heterocycles. The number of likely N-dealkylation sites (N-methyl/N-ethyl adjacent to an activating group) is 1. The second-order valence-electron chi connectivity index (χ2n) is 9.11. The molecule has 4 bridgehead atoms. The van der Waals surface area contributed by atoms with Crippen LogP contribution in [0.5, 0.6) is 0 Å². The average molecular weight is 391 g/mol. The Labute approximate surface area is 165 Å². The van der Waals surface area contributed by atoms with E-state index in [1.807, 2.05) is 24.4 Å². The fourth-order valence-electron chi connectivity index (χ4n) is 5.90. The maximum atomic E-state index is 13.7. The fourth-order valence-corrected chi connectivity index (χ4v) is 6.44. The fraction of sp³-hybridized carbons (Fsp3) is 0.750. The van der Waals surface area contributed by atoms with Crippen molar-refractivity contribution >= 4 is 28.3 Å². The molecule has 6 nitrogen and oxygen atoms in total. The van der Waals surface area contributed by atoms with Crippen molar-refractivity contribution in [1.29, 1.82) is 0 Å². The monoisotopic (exact) mass is 390 g/mol. The van der Waals surface area contributed by atoms with Crippen LogP contribution in [0.25, 0.3) is 0 Å². The van der Waals surface area contributed by atoms with Gasteiger partial charge in [-0.15, -0.1) is 11.3 Å². The smallest absolute Gasteiger partial charge is 0.245 e. The van der Waals surface area contributed by atoms with Gasteiger partial charge in [0.05, 0.1) is 12.0 Å². The highest BCUT2D eigenvalue weighted by Gasteiger charge is 2.55. The molecule has 0 unspecified atom stereocenters. The third-order valence-corrected chi connectivity index (χ3v) is 7.30. The molecule has 148 valence electrons. The second kappa shape index (κ2) is 7.51. The molecule has 4 aliphatic rings. The predicted molar refractivity (Wildman–Crippen MR) is 106 cm³/mol. The Bertz CT molecular complexity index is 653. The van der Waals surface area contributed by atoms with Crippen LogP contribution in [0, 0.1) is 23.2 Å². The first-order valence-corrected chi connectivity index (χ1v) is 10.9. The van der Waals surface area contributed by atoms with E-state index in [9.17, 15) is 9.59 Å². The van der Waals surface area contributed by atoms with Crippen LogP contribution in [0.4, 0.5) is 5.13 Å². The minimum absolute atomic E-state index is 0.119. The van der Waals surface area contributed by atoms with Crippen molar-refractivity contribution in [3.63, 3.8) is 0 Å². The van der Waals surface area contributed by atoms with Crippen molar-refractivity contribution in [2.45, 2.75) is 38.5 Å². The Kier molecular flexibility index (Phi) is 5.25. The number of amides is 2. The third kappa shape index (κ3) is 4.04. The molecule has 1 aromatic rings. The molecule has 1 N–H and O–H groups in total. The number of hydrogen-bond donors (Lipinski definition) is 1. The van der Waals surface area contributed by atoms with Crippen LogP contribution in [0.3, 0.4) is 0 Å². The molecule has 0 aromatic carbocycles. The standard InChI is InChI=1S/C20H30N4O2S/c1-23(2)4-5-24(13-17(25)22-19-21-3-6-27-19)18(26)20-10-14-7-15(11-20)9-16(8-14)12-20/h3,6,14-16H,4-5,7-13H2,1-2H3,(H,21,22,25). The molecule has 7 heteroatoms. The van der Waals surface area contributed by atoms with Gasteiger partial charge in [0.25, 0.3) is 0 Å². The summed E-state index contributed by atoms with van der Waals surface area (Å²) < 4.78 is 0. The molecule has 4 fully saturated rings. The van der Waals surface area contributed by atoms with Crippen LogP contribution in [0.2, 0.25) is 0 Å². The molecule has 0 radical (unpaired) electrons. The number of hydrogen-bond acceptors (Lipinski definition) is 5. The van der Waals surface area contributed by atoms with Crippen LogP contribution in [-0.4, -0.2) is 60.3 Å². The number of carbonyl (C=O) groups excluding carboxylic acids is 2. The number of carbonyl (C=O) groups is 2. The molecule has 27 heavy (non-hydrogen) atoms. The molecule has 5 rings (SSSR count). The lowest BCUT2D eigenvalue weighted by atomic mass is 9.49. The SMILES string of the molecule is CN(C)CCN(CC(=O)Nc1nccs1)C(=O)C12CC3CC(CC(C3)C1)C2. The van der Waals surface area contributed by atoms with Crippen molar-refractivity contribution < 1.29 is 9.59 Å². The molecule has 4 saturated carbocycles. The number of anilines is 1. The van der Waals surface area contributed by atoms with Crippen molar-refractivity contribution in [1.82, 2.24) is 14.8 Å². The van der Waals surface area contributed by atoms with Crippen LogP contribution in [0.15, 0.2) is 11.6 Å². The summed E-state index contributed by atoms with van der Waals surface area (Å²) in [5, 5.41) is 5.26. The molecule has 0 atom stereocenters. The number of rotatable bonds is 7. The van der Waals surface area contributed by atoms with Crippen LogP contribution >= 0.6 is 11.3 Å². The Morgan fingerprint density at radius 1 is 1.15 bits per heavy atom. The lowest BCUT2D eigenvalue weighted by molar-refractivity contribution is -0.158. The molecule has 0 spiro atoms. The quantitative estimate of drug-likeness (QED) is 0.777. The highest BCUT2D eigenvalue weighted by Crippen LogP contribution is 2.60. The third-order valence-electron chi connectivity index (χ3n) is 6.61. The van der Waals surface area contributed by atoms with E-state index in [0.29, 0.717) is 11.7 Å². The number of nitrogens with zero attached hydrogens (tertiary/aromatic N) is 3. The molecule has 2 amide bonds. The number of nitrogens with one attached hydrogen (secondary N) is 1. The van der Waals surface area contributed by atoms with Crippen molar-refractivity contribution in [2.24, 2.45) is 23.2 Å². The second-order valence-corrected chi connectivity index (χ2v) is 10.0. The Balaban J connectivity index is 1.47. The van der Waals surface area contributed by atoms with Crippen molar-refractivity contribution in [3.8, 4) is 0 Å². The molecule has 1 heterocycles. The van der Waals surface area contributed by atoms with Gasteiger partial charge in [0.2, 0.25) is 11.8 Å². The maximum Gasteiger partial charge on any atom is 0.245 e. The van der Waals surface area contributed by atoms with Gasteiger partial charge in [0, 0.05) is 24.7 Å². The summed E-state index contributed by atoms with van der Waals surface area (Å²) in [6, 6.07) is 0. The van der Waals surface area contributed by atoms with Crippen LogP contribution in [0.1, 0.15) is 38.5 Å². The van der Waals surface area contributed by atoms with Gasteiger partial charge in [-0.3, -0.25) is 9.59 Å². The zero-order valence-corrected chi connectivity index (χ0v) is 17.1. The van der Waals surface area contributed by atoms with Crippen LogP contribution in [-0.2, 0) is 9.59 Å². The molecular formula is C20H30N4O2S. The van der Waals surface area contributed by atoms with E-state index < -0.39 is 0 Å². The first-order valence-electron chi connectivity index (χ1n) is 10.1. The van der Waals surface area contributed by atoms with E-state index in [1.165, 1.54) is 30.6 Å². The Morgan fingerprint density at radius 2 is 1.78 bits per heavy atom. The Hall–Kier alpha value is -1.47. The van der Waals surface area contributed by atoms with Gasteiger partial charge in [-0.2, -0.15) is 0 Å². The average Bonchev–Trinajstić information content (AvgIpc) is 3.09. The summed E-state index contributed by atoms with van der Waals surface area (Å²) in [5.41, 5.74) is -0.206. The van der Waals surface area contributed by atoms with Gasteiger partial charge in [0.15, 0.2) is 5.13 Å². The normalized spacial score (nSPS) is 31.3. The van der Waals surface area contributed by atoms with E-state index in [-0.39, 0.29) is 23.8 Å². The van der Waals surface area contributed by atoms with Gasteiger partial charge in [-0.1, -0.05) is 0 Å². The number of thiazole rings is 1. The van der Waals surface area contributed by atoms with Gasteiger partial charge in [-0.25, -0.2) is 4.98 Å². The minimum atomic E-state index is -0.206. The summed E-state index contributed by atoms with van der Waals surface area (Å²) in [4.78, 5) is 34.2. The summed E-state index contributed by atoms with van der Waals surface area (Å²) in [5.74, 6) is 2.24. The molecule has 0 saturated heterocycles. The zero-order chi connectivity index (χ0) is 19.0.